The van der Waals surface area contributed by atoms with Crippen molar-refractivity contribution in [3.05, 3.63) is 65.7 Å². The Hall–Kier alpha value is -3.68. The molecule has 0 unspecified atom stereocenters. The van der Waals surface area contributed by atoms with Gasteiger partial charge in [-0.05, 0) is 33.5 Å². The fourth-order valence-corrected chi connectivity index (χ4v) is 3.40. The van der Waals surface area contributed by atoms with Crippen molar-refractivity contribution in [3.8, 4) is 22.5 Å². The molecule has 8 nitrogen and oxygen atoms in total. The average molecular weight is 401 g/mol. The third kappa shape index (κ3) is 4.03. The van der Waals surface area contributed by atoms with E-state index in [0.717, 1.165) is 40.9 Å². The molecule has 0 bridgehead atoms. The van der Waals surface area contributed by atoms with Crippen LogP contribution in [-0.2, 0) is 13.0 Å². The monoisotopic (exact) mass is 401 g/mol. The van der Waals surface area contributed by atoms with Gasteiger partial charge in [0.05, 0.1) is 6.54 Å². The van der Waals surface area contributed by atoms with Crippen LogP contribution in [0.15, 0.2) is 48.5 Å². The Morgan fingerprint density at radius 3 is 2.47 bits per heavy atom. The fourth-order valence-electron chi connectivity index (χ4n) is 3.40. The van der Waals surface area contributed by atoms with Crippen molar-refractivity contribution in [2.24, 2.45) is 0 Å². The Labute approximate surface area is 174 Å². The minimum absolute atomic E-state index is 0.000175. The van der Waals surface area contributed by atoms with E-state index in [1.54, 1.807) is 0 Å². The molecule has 2 aromatic carbocycles. The molecule has 2 aromatic heterocycles. The summed E-state index contributed by atoms with van der Waals surface area (Å²) < 4.78 is 1.83. The number of aryl methyl sites for hydroxylation is 1. The Bertz CT molecular complexity index is 1130. The highest BCUT2D eigenvalue weighted by Crippen LogP contribution is 2.29. The number of hydrogen-bond acceptors (Lipinski definition) is 6. The summed E-state index contributed by atoms with van der Waals surface area (Å²) in [5.74, 6) is 1.77. The van der Waals surface area contributed by atoms with Crippen LogP contribution in [0, 0.1) is 0 Å². The summed E-state index contributed by atoms with van der Waals surface area (Å²) in [4.78, 5) is 16.6. The summed E-state index contributed by atoms with van der Waals surface area (Å²) in [6.07, 6.45) is 1.99. The van der Waals surface area contributed by atoms with Crippen LogP contribution in [0.1, 0.15) is 48.7 Å². The standard InChI is InChI=1S/C22H23N7O/c1-3-7-19(30)22-23-20(4-2)29(26-22)14-15-10-12-16(13-11-15)17-8-5-6-9-18(17)21-24-27-28-25-21/h5-6,8-13H,3-4,7,14H2,1-2H3,(H,24,25,27,28). The zero-order valence-corrected chi connectivity index (χ0v) is 17.0. The van der Waals surface area contributed by atoms with Gasteiger partial charge in [0.15, 0.2) is 5.82 Å². The Morgan fingerprint density at radius 1 is 1.03 bits per heavy atom. The van der Waals surface area contributed by atoms with Crippen LogP contribution in [0.25, 0.3) is 22.5 Å². The molecular formula is C22H23N7O. The number of Topliss-reactive ketones (excluding diaryl/α,β-unsaturated/α-hetero) is 1. The van der Waals surface area contributed by atoms with E-state index in [1.165, 1.54) is 0 Å². The van der Waals surface area contributed by atoms with E-state index in [0.29, 0.717) is 24.6 Å². The Kier molecular flexibility index (Phi) is 5.74. The van der Waals surface area contributed by atoms with Gasteiger partial charge in [0.1, 0.15) is 5.82 Å². The number of ketones is 1. The number of H-pyrrole nitrogens is 1. The van der Waals surface area contributed by atoms with E-state index in [-0.39, 0.29) is 5.78 Å². The van der Waals surface area contributed by atoms with Crippen LogP contribution in [0.4, 0.5) is 0 Å². The van der Waals surface area contributed by atoms with Gasteiger partial charge >= 0.3 is 0 Å². The number of nitrogens with zero attached hydrogens (tertiary/aromatic N) is 6. The first-order valence-corrected chi connectivity index (χ1v) is 10.1. The molecular weight excluding hydrogens is 378 g/mol. The van der Waals surface area contributed by atoms with Crippen LogP contribution in [0.3, 0.4) is 0 Å². The quantitative estimate of drug-likeness (QED) is 0.452. The Balaban J connectivity index is 1.58. The second-order valence-electron chi connectivity index (χ2n) is 7.03. The number of carbonyl (C=O) groups excluding carboxylic acids is 1. The molecule has 0 aliphatic heterocycles. The van der Waals surface area contributed by atoms with Crippen molar-refractivity contribution in [1.29, 1.82) is 0 Å². The smallest absolute Gasteiger partial charge is 0.217 e. The predicted octanol–water partition coefficient (Wildman–Crippen LogP) is 3.72. The van der Waals surface area contributed by atoms with Gasteiger partial charge in [-0.1, -0.05) is 62.4 Å². The highest BCUT2D eigenvalue weighted by Gasteiger charge is 2.15. The van der Waals surface area contributed by atoms with Crippen molar-refractivity contribution in [2.45, 2.75) is 39.7 Å². The van der Waals surface area contributed by atoms with Gasteiger partial charge < -0.3 is 0 Å². The van der Waals surface area contributed by atoms with Crippen LogP contribution in [0.2, 0.25) is 0 Å². The number of rotatable bonds is 8. The minimum atomic E-state index is -0.000175. The van der Waals surface area contributed by atoms with Gasteiger partial charge in [-0.2, -0.15) is 0 Å². The number of hydrogen-bond donors (Lipinski definition) is 1. The molecule has 152 valence electrons. The molecule has 0 fully saturated rings. The molecule has 0 aliphatic carbocycles. The molecule has 0 amide bonds. The molecule has 0 spiro atoms. The second-order valence-corrected chi connectivity index (χ2v) is 7.03. The lowest BCUT2D eigenvalue weighted by Crippen LogP contribution is -2.07. The molecule has 0 radical (unpaired) electrons. The molecule has 2 heterocycles. The average Bonchev–Trinajstić information content (AvgIpc) is 3.45. The lowest BCUT2D eigenvalue weighted by molar-refractivity contribution is 0.0971. The SMILES string of the molecule is CCCC(=O)c1nc(CC)n(Cc2ccc(-c3ccccc3-c3nnn[nH]3)cc2)n1. The van der Waals surface area contributed by atoms with Crippen LogP contribution in [0.5, 0.6) is 0 Å². The molecule has 0 saturated carbocycles. The first kappa shape index (κ1) is 19.6. The van der Waals surface area contributed by atoms with E-state index in [2.05, 4.69) is 55.0 Å². The lowest BCUT2D eigenvalue weighted by Gasteiger charge is -2.09. The van der Waals surface area contributed by atoms with Crippen molar-refractivity contribution >= 4 is 5.78 Å². The van der Waals surface area contributed by atoms with Gasteiger partial charge in [-0.15, -0.1) is 10.2 Å². The van der Waals surface area contributed by atoms with Crippen LogP contribution in [-0.4, -0.2) is 41.2 Å². The van der Waals surface area contributed by atoms with Gasteiger partial charge in [0, 0.05) is 18.4 Å². The third-order valence-corrected chi connectivity index (χ3v) is 4.92. The summed E-state index contributed by atoms with van der Waals surface area (Å²) in [6, 6.07) is 16.3. The summed E-state index contributed by atoms with van der Waals surface area (Å²) >= 11 is 0. The number of aromatic nitrogens is 7. The van der Waals surface area contributed by atoms with Crippen molar-refractivity contribution < 1.29 is 4.79 Å². The number of nitrogens with one attached hydrogen (secondary N) is 1. The summed E-state index contributed by atoms with van der Waals surface area (Å²) in [5.41, 5.74) is 4.15. The zero-order valence-electron chi connectivity index (χ0n) is 17.0. The van der Waals surface area contributed by atoms with Crippen molar-refractivity contribution in [1.82, 2.24) is 35.4 Å². The maximum absolute atomic E-state index is 12.2. The molecule has 4 rings (SSSR count). The van der Waals surface area contributed by atoms with Crippen LogP contribution >= 0.6 is 0 Å². The lowest BCUT2D eigenvalue weighted by atomic mass is 9.98. The first-order valence-electron chi connectivity index (χ1n) is 10.1. The zero-order chi connectivity index (χ0) is 20.9. The normalized spacial score (nSPS) is 11.0. The number of aromatic amines is 1. The molecule has 4 aromatic rings. The van der Waals surface area contributed by atoms with E-state index in [1.807, 2.05) is 42.8 Å². The molecule has 0 aliphatic rings. The maximum atomic E-state index is 12.2. The van der Waals surface area contributed by atoms with Crippen molar-refractivity contribution in [3.63, 3.8) is 0 Å². The summed E-state index contributed by atoms with van der Waals surface area (Å²) in [6.45, 7) is 4.57. The Morgan fingerprint density at radius 2 is 1.80 bits per heavy atom. The number of benzene rings is 2. The summed E-state index contributed by atoms with van der Waals surface area (Å²) in [5, 5.41) is 18.7. The largest absolute Gasteiger partial charge is 0.291 e. The second kappa shape index (κ2) is 8.77. The van der Waals surface area contributed by atoms with Gasteiger partial charge in [-0.25, -0.2) is 14.8 Å². The van der Waals surface area contributed by atoms with E-state index < -0.39 is 0 Å². The topological polar surface area (TPSA) is 102 Å². The van der Waals surface area contributed by atoms with E-state index >= 15 is 0 Å². The third-order valence-electron chi connectivity index (χ3n) is 4.92. The van der Waals surface area contributed by atoms with E-state index in [9.17, 15) is 4.79 Å². The highest BCUT2D eigenvalue weighted by atomic mass is 16.1. The molecule has 0 atom stereocenters. The van der Waals surface area contributed by atoms with Gasteiger partial charge in [0.2, 0.25) is 11.6 Å². The predicted molar refractivity (Wildman–Crippen MR) is 113 cm³/mol. The molecule has 1 N–H and O–H groups in total. The molecule has 30 heavy (non-hydrogen) atoms. The summed E-state index contributed by atoms with van der Waals surface area (Å²) in [7, 11) is 0. The first-order chi connectivity index (χ1) is 14.7. The minimum Gasteiger partial charge on any atom is -0.291 e. The van der Waals surface area contributed by atoms with Gasteiger partial charge in [0.25, 0.3) is 0 Å². The van der Waals surface area contributed by atoms with Crippen LogP contribution < -0.4 is 0 Å². The number of tetrazole rings is 1. The highest BCUT2D eigenvalue weighted by molar-refractivity contribution is 5.92. The van der Waals surface area contributed by atoms with E-state index in [4.69, 9.17) is 0 Å². The van der Waals surface area contributed by atoms with Gasteiger partial charge in [-0.3, -0.25) is 4.79 Å². The number of carbonyl (C=O) groups is 1. The molecule has 0 saturated heterocycles. The fraction of sp³-hybridized carbons (Fsp3) is 0.273. The molecule has 8 heteroatoms. The van der Waals surface area contributed by atoms with Crippen molar-refractivity contribution in [2.75, 3.05) is 0 Å². The maximum Gasteiger partial charge on any atom is 0.217 e.